The third-order valence-electron chi connectivity index (χ3n) is 3.14. The van der Waals surface area contributed by atoms with Gasteiger partial charge in [0.2, 0.25) is 0 Å². The maximum atomic E-state index is 13.4. The predicted octanol–water partition coefficient (Wildman–Crippen LogP) is 3.09. The summed E-state index contributed by atoms with van der Waals surface area (Å²) >= 11 is 0. The molecule has 1 atom stereocenters. The molecule has 0 saturated heterocycles. The molecule has 2 rings (SSSR count). The molecule has 2 aromatic rings. The Balaban J connectivity index is 1.79. The molecule has 0 aromatic heterocycles. The van der Waals surface area contributed by atoms with E-state index in [0.29, 0.717) is 13.0 Å². The molecule has 2 aromatic carbocycles. The molecule has 22 heavy (non-hydrogen) atoms. The van der Waals surface area contributed by atoms with Gasteiger partial charge in [0, 0.05) is 6.54 Å². The van der Waals surface area contributed by atoms with Crippen molar-refractivity contribution in [3.63, 3.8) is 0 Å². The van der Waals surface area contributed by atoms with E-state index in [0.717, 1.165) is 5.56 Å². The lowest BCUT2D eigenvalue weighted by Crippen LogP contribution is -2.37. The molecular weight excluding hydrogens is 288 g/mol. The molecule has 5 heteroatoms. The monoisotopic (exact) mass is 305 g/mol. The maximum absolute atomic E-state index is 13.4. The lowest BCUT2D eigenvalue weighted by Gasteiger charge is -2.15. The van der Waals surface area contributed by atoms with Gasteiger partial charge in [-0.15, -0.1) is 0 Å². The lowest BCUT2D eigenvalue weighted by atomic mass is 10.1. The maximum Gasteiger partial charge on any atom is 0.260 e. The second-order valence-electron chi connectivity index (χ2n) is 4.86. The first-order valence-corrected chi connectivity index (χ1v) is 6.99. The summed E-state index contributed by atoms with van der Waals surface area (Å²) in [4.78, 5) is 11.9. The van der Waals surface area contributed by atoms with Gasteiger partial charge in [0.15, 0.2) is 17.7 Å². The Morgan fingerprint density at radius 1 is 1.14 bits per heavy atom. The summed E-state index contributed by atoms with van der Waals surface area (Å²) in [5.41, 5.74) is 0.921. The van der Waals surface area contributed by atoms with Crippen LogP contribution in [0, 0.1) is 11.6 Å². The van der Waals surface area contributed by atoms with Crippen LogP contribution in [0.15, 0.2) is 48.5 Å². The van der Waals surface area contributed by atoms with Gasteiger partial charge in [-0.1, -0.05) is 24.3 Å². The highest BCUT2D eigenvalue weighted by Crippen LogP contribution is 2.16. The minimum Gasteiger partial charge on any atom is -0.478 e. The number of nitrogens with one attached hydrogen (secondary N) is 1. The van der Waals surface area contributed by atoms with Crippen molar-refractivity contribution >= 4 is 5.91 Å². The van der Waals surface area contributed by atoms with Crippen molar-refractivity contribution in [1.82, 2.24) is 5.32 Å². The first kappa shape index (κ1) is 15.9. The van der Waals surface area contributed by atoms with Gasteiger partial charge in [-0.3, -0.25) is 4.79 Å². The van der Waals surface area contributed by atoms with E-state index in [1.807, 2.05) is 0 Å². The molecule has 1 amide bonds. The minimum atomic E-state index is -0.801. The van der Waals surface area contributed by atoms with Gasteiger partial charge in [-0.05, 0) is 43.2 Å². The first-order chi connectivity index (χ1) is 10.6. The van der Waals surface area contributed by atoms with E-state index in [9.17, 15) is 13.6 Å². The number of para-hydroxylation sites is 1. The van der Waals surface area contributed by atoms with Crippen LogP contribution in [0.2, 0.25) is 0 Å². The van der Waals surface area contributed by atoms with Crippen LogP contribution >= 0.6 is 0 Å². The zero-order chi connectivity index (χ0) is 15.9. The molecular formula is C17H17F2NO2. The van der Waals surface area contributed by atoms with Crippen molar-refractivity contribution in [2.75, 3.05) is 6.54 Å². The van der Waals surface area contributed by atoms with Crippen molar-refractivity contribution in [2.45, 2.75) is 19.4 Å². The summed E-state index contributed by atoms with van der Waals surface area (Å²) in [7, 11) is 0. The van der Waals surface area contributed by atoms with Crippen LogP contribution in [-0.4, -0.2) is 18.6 Å². The molecule has 0 spiro atoms. The number of amides is 1. The van der Waals surface area contributed by atoms with E-state index in [4.69, 9.17) is 4.74 Å². The Morgan fingerprint density at radius 3 is 2.50 bits per heavy atom. The number of hydrogen-bond donors (Lipinski definition) is 1. The molecule has 1 N–H and O–H groups in total. The zero-order valence-corrected chi connectivity index (χ0v) is 12.2. The van der Waals surface area contributed by atoms with Crippen LogP contribution in [0.5, 0.6) is 5.75 Å². The number of hydrogen-bond acceptors (Lipinski definition) is 2. The summed E-state index contributed by atoms with van der Waals surface area (Å²) in [5.74, 6) is -1.08. The lowest BCUT2D eigenvalue weighted by molar-refractivity contribution is -0.127. The van der Waals surface area contributed by atoms with E-state index >= 15 is 0 Å². The van der Waals surface area contributed by atoms with Crippen molar-refractivity contribution in [3.05, 3.63) is 65.7 Å². The summed E-state index contributed by atoms with van der Waals surface area (Å²) in [6, 6.07) is 12.0. The number of carbonyl (C=O) groups is 1. The van der Waals surface area contributed by atoms with Crippen molar-refractivity contribution in [2.24, 2.45) is 0 Å². The number of rotatable bonds is 6. The molecule has 0 aliphatic carbocycles. The first-order valence-electron chi connectivity index (χ1n) is 6.99. The molecule has 0 unspecified atom stereocenters. The number of benzene rings is 2. The van der Waals surface area contributed by atoms with Gasteiger partial charge < -0.3 is 10.1 Å². The Kier molecular flexibility index (Phi) is 5.47. The summed E-state index contributed by atoms with van der Waals surface area (Å²) in [6.07, 6.45) is -0.219. The van der Waals surface area contributed by atoms with Gasteiger partial charge >= 0.3 is 0 Å². The van der Waals surface area contributed by atoms with E-state index in [1.165, 1.54) is 24.3 Å². The van der Waals surface area contributed by atoms with Gasteiger partial charge in [-0.25, -0.2) is 8.78 Å². The van der Waals surface area contributed by atoms with Crippen LogP contribution < -0.4 is 10.1 Å². The highest BCUT2D eigenvalue weighted by atomic mass is 19.1. The molecule has 0 saturated carbocycles. The van der Waals surface area contributed by atoms with Crippen LogP contribution in [0.3, 0.4) is 0 Å². The Labute approximate surface area is 127 Å². The average Bonchev–Trinajstić information content (AvgIpc) is 2.51. The van der Waals surface area contributed by atoms with Crippen LogP contribution in [0.1, 0.15) is 12.5 Å². The second-order valence-corrected chi connectivity index (χ2v) is 4.86. The number of carbonyl (C=O) groups excluding carboxylic acids is 1. The van der Waals surface area contributed by atoms with Crippen LogP contribution in [0.4, 0.5) is 8.78 Å². The van der Waals surface area contributed by atoms with Gasteiger partial charge in [-0.2, -0.15) is 0 Å². The third kappa shape index (κ3) is 4.55. The molecule has 0 bridgehead atoms. The Bertz CT molecular complexity index is 629. The Morgan fingerprint density at radius 2 is 1.82 bits per heavy atom. The second kappa shape index (κ2) is 7.54. The molecule has 3 nitrogen and oxygen atoms in total. The van der Waals surface area contributed by atoms with E-state index in [1.54, 1.807) is 31.2 Å². The fraction of sp³-hybridized carbons (Fsp3) is 0.235. The molecule has 0 aliphatic heterocycles. The quantitative estimate of drug-likeness (QED) is 0.890. The van der Waals surface area contributed by atoms with Crippen molar-refractivity contribution in [3.8, 4) is 5.75 Å². The van der Waals surface area contributed by atoms with Gasteiger partial charge in [0.25, 0.3) is 5.91 Å². The van der Waals surface area contributed by atoms with Crippen LogP contribution in [0.25, 0.3) is 0 Å². The molecule has 0 aliphatic rings. The fourth-order valence-corrected chi connectivity index (χ4v) is 1.91. The van der Waals surface area contributed by atoms with Crippen molar-refractivity contribution in [1.29, 1.82) is 0 Å². The largest absolute Gasteiger partial charge is 0.478 e. The zero-order valence-electron chi connectivity index (χ0n) is 12.2. The highest BCUT2D eigenvalue weighted by Gasteiger charge is 2.15. The van der Waals surface area contributed by atoms with Crippen LogP contribution in [-0.2, 0) is 11.2 Å². The van der Waals surface area contributed by atoms with E-state index < -0.39 is 11.9 Å². The normalized spacial score (nSPS) is 11.8. The predicted molar refractivity (Wildman–Crippen MR) is 79.6 cm³/mol. The smallest absolute Gasteiger partial charge is 0.260 e. The summed E-state index contributed by atoms with van der Waals surface area (Å²) in [5, 5.41) is 2.71. The number of halogens is 2. The average molecular weight is 305 g/mol. The van der Waals surface area contributed by atoms with Crippen molar-refractivity contribution < 1.29 is 18.3 Å². The molecule has 0 radical (unpaired) electrons. The fourth-order valence-electron chi connectivity index (χ4n) is 1.91. The SMILES string of the molecule is C[C@H](Oc1ccccc1F)C(=O)NCCc1ccc(F)cc1. The standard InChI is InChI=1S/C17H17F2NO2/c1-12(22-16-5-3-2-4-15(16)19)17(21)20-11-10-13-6-8-14(18)9-7-13/h2-9,12H,10-11H2,1H3,(H,20,21)/t12-/m0/s1. The van der Waals surface area contributed by atoms with E-state index in [-0.39, 0.29) is 17.5 Å². The highest BCUT2D eigenvalue weighted by molar-refractivity contribution is 5.80. The Hall–Kier alpha value is -2.43. The topological polar surface area (TPSA) is 38.3 Å². The molecule has 0 fully saturated rings. The van der Waals surface area contributed by atoms with Gasteiger partial charge in [0.1, 0.15) is 5.82 Å². The van der Waals surface area contributed by atoms with E-state index in [2.05, 4.69) is 5.32 Å². The van der Waals surface area contributed by atoms with Gasteiger partial charge in [0.05, 0.1) is 0 Å². The third-order valence-corrected chi connectivity index (χ3v) is 3.14. The minimum absolute atomic E-state index is 0.0451. The molecule has 0 heterocycles. The number of ether oxygens (including phenoxy) is 1. The molecule has 116 valence electrons. The summed E-state index contributed by atoms with van der Waals surface area (Å²) in [6.45, 7) is 1.95. The summed E-state index contributed by atoms with van der Waals surface area (Å²) < 4.78 is 31.5.